The van der Waals surface area contributed by atoms with Crippen molar-refractivity contribution in [2.75, 3.05) is 6.54 Å². The van der Waals surface area contributed by atoms with Crippen molar-refractivity contribution >= 4 is 15.9 Å². The molecule has 0 bridgehead atoms. The van der Waals surface area contributed by atoms with E-state index in [2.05, 4.69) is 15.8 Å². The minimum absolute atomic E-state index is 0.154. The summed E-state index contributed by atoms with van der Waals surface area (Å²) in [6.45, 7) is 0.264. The van der Waals surface area contributed by atoms with Crippen LogP contribution in [0.25, 0.3) is 11.1 Å². The fourth-order valence-corrected chi connectivity index (χ4v) is 2.56. The zero-order chi connectivity index (χ0) is 16.0. The van der Waals surface area contributed by atoms with Crippen LogP contribution in [0.3, 0.4) is 0 Å². The van der Waals surface area contributed by atoms with Crippen molar-refractivity contribution in [1.82, 2.24) is 5.43 Å². The van der Waals surface area contributed by atoms with Gasteiger partial charge in [0, 0.05) is 5.56 Å². The first-order chi connectivity index (χ1) is 10.5. The maximum atomic E-state index is 11.4. The fourth-order valence-electron chi connectivity index (χ4n) is 1.80. The highest BCUT2D eigenvalue weighted by Crippen LogP contribution is 2.25. The fraction of sp³-hybridized carbons (Fsp3) is 0.0714. The Morgan fingerprint density at radius 2 is 1.64 bits per heavy atom. The summed E-state index contributed by atoms with van der Waals surface area (Å²) in [5.41, 5.74) is 3.85. The van der Waals surface area contributed by atoms with Gasteiger partial charge in [-0.05, 0) is 11.6 Å². The summed E-state index contributed by atoms with van der Waals surface area (Å²) in [5.74, 6) is -0.199. The molecule has 0 fully saturated rings. The smallest absolute Gasteiger partial charge is 0.282 e. The minimum Gasteiger partial charge on any atom is -0.282 e. The lowest BCUT2D eigenvalue weighted by Crippen LogP contribution is -2.13. The summed E-state index contributed by atoms with van der Waals surface area (Å²) in [6.07, 6.45) is 0. The Bertz CT molecular complexity index is 789. The maximum absolute atomic E-state index is 11.4. The van der Waals surface area contributed by atoms with Crippen molar-refractivity contribution in [3.63, 3.8) is 0 Å². The predicted octanol–water partition coefficient (Wildman–Crippen LogP) is 1.48. The first-order valence-corrected chi connectivity index (χ1v) is 7.87. The number of amides is 1. The number of carbonyl (C=O) groups is 1. The molecule has 0 unspecified atom stereocenters. The highest BCUT2D eigenvalue weighted by atomic mass is 32.2. The Morgan fingerprint density at radius 3 is 2.14 bits per heavy atom. The molecule has 2 aromatic rings. The highest BCUT2D eigenvalue weighted by Gasteiger charge is 2.13. The van der Waals surface area contributed by atoms with E-state index < -0.39 is 10.0 Å². The molecule has 22 heavy (non-hydrogen) atoms. The minimum atomic E-state index is -3.68. The van der Waals surface area contributed by atoms with Gasteiger partial charge in [-0.3, -0.25) is 10.2 Å². The molecule has 3 N–H and O–H groups in total. The molecular formula is C14H14N4O3S. The summed E-state index contributed by atoms with van der Waals surface area (Å²) in [7, 11) is -3.68. The van der Waals surface area contributed by atoms with Crippen LogP contribution in [0.15, 0.2) is 69.8 Å². The predicted molar refractivity (Wildman–Crippen MR) is 81.1 cm³/mol. The molecule has 0 saturated carbocycles. The first kappa shape index (κ1) is 15.8. The molecule has 1 amide bonds. The molecule has 7 nitrogen and oxygen atoms in total. The molecule has 0 spiro atoms. The lowest BCUT2D eigenvalue weighted by Gasteiger charge is -2.07. The summed E-state index contributed by atoms with van der Waals surface area (Å²) in [5, 5.41) is 11.5. The van der Waals surface area contributed by atoms with Crippen LogP contribution in [0.2, 0.25) is 0 Å². The van der Waals surface area contributed by atoms with Crippen LogP contribution in [-0.4, -0.2) is 20.9 Å². The number of benzene rings is 2. The second kappa shape index (κ2) is 6.92. The molecule has 0 aromatic heterocycles. The molecule has 3 rings (SSSR count). The molecular weight excluding hydrogens is 304 g/mol. The number of rotatable bonds is 2. The van der Waals surface area contributed by atoms with Crippen molar-refractivity contribution in [2.24, 2.45) is 15.5 Å². The van der Waals surface area contributed by atoms with Gasteiger partial charge in [-0.2, -0.15) is 0 Å². The third-order valence-electron chi connectivity index (χ3n) is 2.74. The van der Waals surface area contributed by atoms with Gasteiger partial charge in [-0.15, -0.1) is 0 Å². The molecule has 2 aromatic carbocycles. The SMILES string of the molecule is NS(=O)(=O)c1ccccc1-c1ccccc1.O=C1CNN=N1. The molecule has 0 radical (unpaired) electrons. The van der Waals surface area contributed by atoms with Crippen LogP contribution < -0.4 is 10.6 Å². The molecule has 0 atom stereocenters. The average molecular weight is 318 g/mol. The van der Waals surface area contributed by atoms with Gasteiger partial charge >= 0.3 is 0 Å². The van der Waals surface area contributed by atoms with Crippen molar-refractivity contribution < 1.29 is 13.2 Å². The average Bonchev–Trinajstić information content (AvgIpc) is 2.99. The van der Waals surface area contributed by atoms with E-state index >= 15 is 0 Å². The van der Waals surface area contributed by atoms with Gasteiger partial charge in [-0.25, -0.2) is 13.6 Å². The van der Waals surface area contributed by atoms with Crippen molar-refractivity contribution in [3.05, 3.63) is 54.6 Å². The number of nitrogens with zero attached hydrogens (tertiary/aromatic N) is 2. The molecule has 1 heterocycles. The Labute approximate surface area is 127 Å². The largest absolute Gasteiger partial charge is 0.287 e. The number of hydrogen-bond acceptors (Lipinski definition) is 5. The van der Waals surface area contributed by atoms with Crippen LogP contribution in [0, 0.1) is 0 Å². The molecule has 0 saturated heterocycles. The van der Waals surface area contributed by atoms with Gasteiger partial charge in [-0.1, -0.05) is 58.9 Å². The summed E-state index contributed by atoms with van der Waals surface area (Å²) in [6, 6.07) is 16.0. The molecule has 1 aliphatic rings. The lowest BCUT2D eigenvalue weighted by molar-refractivity contribution is -0.116. The topological polar surface area (TPSA) is 114 Å². The van der Waals surface area contributed by atoms with Gasteiger partial charge < -0.3 is 0 Å². The number of sulfonamides is 1. The third kappa shape index (κ3) is 4.21. The van der Waals surface area contributed by atoms with Crippen LogP contribution in [-0.2, 0) is 14.8 Å². The van der Waals surface area contributed by atoms with Gasteiger partial charge in [0.15, 0.2) is 0 Å². The lowest BCUT2D eigenvalue weighted by atomic mass is 10.1. The maximum Gasteiger partial charge on any atom is 0.287 e. The van der Waals surface area contributed by atoms with Gasteiger partial charge in [0.1, 0.15) is 6.54 Å². The zero-order valence-corrected chi connectivity index (χ0v) is 12.3. The normalized spacial score (nSPS) is 13.2. The van der Waals surface area contributed by atoms with E-state index in [1.54, 1.807) is 18.2 Å². The van der Waals surface area contributed by atoms with Crippen molar-refractivity contribution in [1.29, 1.82) is 0 Å². The molecule has 114 valence electrons. The zero-order valence-electron chi connectivity index (χ0n) is 11.5. The number of nitrogens with two attached hydrogens (primary N) is 1. The number of hydrogen-bond donors (Lipinski definition) is 2. The van der Waals surface area contributed by atoms with Gasteiger partial charge in [0.25, 0.3) is 5.91 Å². The van der Waals surface area contributed by atoms with Crippen LogP contribution in [0.5, 0.6) is 0 Å². The van der Waals surface area contributed by atoms with Gasteiger partial charge in [0.05, 0.1) is 4.90 Å². The molecule has 0 aliphatic carbocycles. The first-order valence-electron chi connectivity index (χ1n) is 6.32. The summed E-state index contributed by atoms with van der Waals surface area (Å²) >= 11 is 0. The van der Waals surface area contributed by atoms with Crippen molar-refractivity contribution in [3.8, 4) is 11.1 Å². The van der Waals surface area contributed by atoms with E-state index in [4.69, 9.17) is 5.14 Å². The molecule has 8 heteroatoms. The second-order valence-electron chi connectivity index (χ2n) is 4.34. The van der Waals surface area contributed by atoms with Crippen molar-refractivity contribution in [2.45, 2.75) is 4.90 Å². The van der Waals surface area contributed by atoms with E-state index in [1.165, 1.54) is 6.07 Å². The van der Waals surface area contributed by atoms with E-state index in [0.717, 1.165) is 5.56 Å². The summed E-state index contributed by atoms with van der Waals surface area (Å²) < 4.78 is 22.8. The van der Waals surface area contributed by atoms with E-state index in [9.17, 15) is 13.2 Å². The van der Waals surface area contributed by atoms with Gasteiger partial charge in [0.2, 0.25) is 10.0 Å². The summed E-state index contributed by atoms with van der Waals surface area (Å²) in [4.78, 5) is 10.1. The molecule has 1 aliphatic heterocycles. The van der Waals surface area contributed by atoms with E-state index in [0.29, 0.717) is 5.56 Å². The number of carbonyl (C=O) groups excluding carboxylic acids is 1. The Hall–Kier alpha value is -2.58. The van der Waals surface area contributed by atoms with Crippen LogP contribution >= 0.6 is 0 Å². The quantitative estimate of drug-likeness (QED) is 0.872. The van der Waals surface area contributed by atoms with E-state index in [-0.39, 0.29) is 17.3 Å². The second-order valence-corrected chi connectivity index (χ2v) is 5.87. The number of primary sulfonamides is 1. The Kier molecular flexibility index (Phi) is 4.97. The highest BCUT2D eigenvalue weighted by molar-refractivity contribution is 7.89. The van der Waals surface area contributed by atoms with Crippen LogP contribution in [0.4, 0.5) is 0 Å². The third-order valence-corrected chi connectivity index (χ3v) is 3.71. The monoisotopic (exact) mass is 318 g/mol. The Morgan fingerprint density at radius 1 is 1.00 bits per heavy atom. The van der Waals surface area contributed by atoms with Crippen LogP contribution in [0.1, 0.15) is 0 Å². The standard InChI is InChI=1S/C12H11NO2S.C2H3N3O/c13-16(14,15)12-9-5-4-8-11(12)10-6-2-1-3-7-10;6-2-1-3-5-4-2/h1-9H,(H2,13,14,15);1H2,(H,3,4,6). The van der Waals surface area contributed by atoms with E-state index in [1.807, 2.05) is 30.3 Å². The number of nitrogens with one attached hydrogen (secondary N) is 1. The Balaban J connectivity index is 0.000000246.